The van der Waals surface area contributed by atoms with Crippen LogP contribution in [-0.4, -0.2) is 11.5 Å². The second-order valence-electron chi connectivity index (χ2n) is 4.70. The van der Waals surface area contributed by atoms with Gasteiger partial charge in [0.15, 0.2) is 0 Å². The van der Waals surface area contributed by atoms with Gasteiger partial charge in [0.2, 0.25) is 0 Å². The van der Waals surface area contributed by atoms with Crippen molar-refractivity contribution in [3.8, 4) is 0 Å². The highest BCUT2D eigenvalue weighted by Gasteiger charge is 2.20. The SMILES string of the molecule is CCNC(Cc1c(F)cccc1F)c1sc(C)nc1C. The molecular weight excluding hydrogens is 278 g/mol. The molecule has 0 radical (unpaired) electrons. The van der Waals surface area contributed by atoms with Crippen LogP contribution in [0.1, 0.15) is 34.1 Å². The number of hydrogen-bond donors (Lipinski definition) is 1. The molecule has 2 nitrogen and oxygen atoms in total. The summed E-state index contributed by atoms with van der Waals surface area (Å²) >= 11 is 1.57. The molecule has 0 aliphatic heterocycles. The summed E-state index contributed by atoms with van der Waals surface area (Å²) in [5, 5.41) is 4.26. The first-order valence-corrected chi connectivity index (χ1v) is 7.44. The fraction of sp³-hybridized carbons (Fsp3) is 0.400. The van der Waals surface area contributed by atoms with E-state index in [1.54, 1.807) is 11.3 Å². The molecule has 0 bridgehead atoms. The molecule has 5 heteroatoms. The van der Waals surface area contributed by atoms with Crippen LogP contribution in [-0.2, 0) is 6.42 Å². The van der Waals surface area contributed by atoms with Gasteiger partial charge in [-0.3, -0.25) is 0 Å². The molecule has 20 heavy (non-hydrogen) atoms. The van der Waals surface area contributed by atoms with E-state index in [-0.39, 0.29) is 18.0 Å². The van der Waals surface area contributed by atoms with Crippen LogP contribution >= 0.6 is 11.3 Å². The molecule has 1 heterocycles. The minimum atomic E-state index is -0.494. The zero-order valence-corrected chi connectivity index (χ0v) is 12.7. The summed E-state index contributed by atoms with van der Waals surface area (Å²) in [7, 11) is 0. The molecule has 2 aromatic rings. The van der Waals surface area contributed by atoms with Gasteiger partial charge in [0.25, 0.3) is 0 Å². The number of aromatic nitrogens is 1. The van der Waals surface area contributed by atoms with Gasteiger partial charge in [-0.25, -0.2) is 13.8 Å². The van der Waals surface area contributed by atoms with Gasteiger partial charge in [-0.15, -0.1) is 11.3 Å². The number of aryl methyl sites for hydroxylation is 2. The Morgan fingerprint density at radius 3 is 2.40 bits per heavy atom. The van der Waals surface area contributed by atoms with Gasteiger partial charge in [-0.1, -0.05) is 13.0 Å². The van der Waals surface area contributed by atoms with Crippen molar-refractivity contribution >= 4 is 11.3 Å². The number of benzene rings is 1. The van der Waals surface area contributed by atoms with Gasteiger partial charge in [0, 0.05) is 16.5 Å². The Morgan fingerprint density at radius 1 is 1.25 bits per heavy atom. The maximum Gasteiger partial charge on any atom is 0.129 e. The maximum absolute atomic E-state index is 13.8. The largest absolute Gasteiger partial charge is 0.309 e. The lowest BCUT2D eigenvalue weighted by Gasteiger charge is -2.18. The van der Waals surface area contributed by atoms with Gasteiger partial charge in [-0.2, -0.15) is 0 Å². The Bertz CT molecular complexity index is 575. The van der Waals surface area contributed by atoms with E-state index in [2.05, 4.69) is 10.3 Å². The van der Waals surface area contributed by atoms with Gasteiger partial charge >= 0.3 is 0 Å². The summed E-state index contributed by atoms with van der Waals surface area (Å²) < 4.78 is 27.6. The van der Waals surface area contributed by atoms with Gasteiger partial charge in [0.1, 0.15) is 11.6 Å². The Hall–Kier alpha value is -1.33. The summed E-state index contributed by atoms with van der Waals surface area (Å²) in [6.07, 6.45) is 0.287. The number of hydrogen-bond acceptors (Lipinski definition) is 3. The molecule has 1 atom stereocenters. The van der Waals surface area contributed by atoms with E-state index in [0.717, 1.165) is 22.1 Å². The number of nitrogens with zero attached hydrogens (tertiary/aromatic N) is 1. The van der Waals surface area contributed by atoms with Gasteiger partial charge < -0.3 is 5.32 Å². The molecular formula is C15H18F2N2S. The van der Waals surface area contributed by atoms with Crippen LogP contribution in [0.25, 0.3) is 0 Å². The third-order valence-electron chi connectivity index (χ3n) is 3.18. The molecule has 0 aliphatic carbocycles. The lowest BCUT2D eigenvalue weighted by Crippen LogP contribution is -2.23. The molecule has 1 N–H and O–H groups in total. The minimum absolute atomic E-state index is 0.113. The van der Waals surface area contributed by atoms with E-state index >= 15 is 0 Å². The average Bonchev–Trinajstić information content (AvgIpc) is 2.72. The monoisotopic (exact) mass is 296 g/mol. The van der Waals surface area contributed by atoms with Crippen LogP contribution in [0, 0.1) is 25.5 Å². The summed E-state index contributed by atoms with van der Waals surface area (Å²) in [4.78, 5) is 5.44. The molecule has 0 spiro atoms. The van der Waals surface area contributed by atoms with E-state index in [4.69, 9.17) is 0 Å². The average molecular weight is 296 g/mol. The Morgan fingerprint density at radius 2 is 1.90 bits per heavy atom. The van der Waals surface area contributed by atoms with Crippen molar-refractivity contribution in [3.63, 3.8) is 0 Å². The van der Waals surface area contributed by atoms with E-state index in [0.29, 0.717) is 0 Å². The predicted octanol–water partition coefficient (Wildman–Crippen LogP) is 3.93. The number of nitrogens with one attached hydrogen (secondary N) is 1. The van der Waals surface area contributed by atoms with Crippen molar-refractivity contribution in [1.82, 2.24) is 10.3 Å². The predicted molar refractivity (Wildman–Crippen MR) is 78.1 cm³/mol. The molecule has 2 rings (SSSR count). The summed E-state index contributed by atoms with van der Waals surface area (Å²) in [5.41, 5.74) is 1.05. The molecule has 1 unspecified atom stereocenters. The van der Waals surface area contributed by atoms with Crippen molar-refractivity contribution in [2.45, 2.75) is 33.2 Å². The van der Waals surface area contributed by atoms with E-state index in [1.165, 1.54) is 18.2 Å². The first kappa shape index (κ1) is 15.1. The third-order valence-corrected chi connectivity index (χ3v) is 4.36. The summed E-state index contributed by atoms with van der Waals surface area (Å²) in [6.45, 7) is 6.58. The van der Waals surface area contributed by atoms with E-state index < -0.39 is 11.6 Å². The third kappa shape index (κ3) is 3.22. The highest BCUT2D eigenvalue weighted by Crippen LogP contribution is 2.29. The lowest BCUT2D eigenvalue weighted by atomic mass is 10.0. The van der Waals surface area contributed by atoms with Gasteiger partial charge in [-0.05, 0) is 38.9 Å². The molecule has 0 fully saturated rings. The molecule has 0 aliphatic rings. The second-order valence-corrected chi connectivity index (χ2v) is 5.93. The van der Waals surface area contributed by atoms with Crippen molar-refractivity contribution in [2.24, 2.45) is 0 Å². The summed E-state index contributed by atoms with van der Waals surface area (Å²) in [5.74, 6) is -0.987. The van der Waals surface area contributed by atoms with Crippen LogP contribution in [0.4, 0.5) is 8.78 Å². The first-order chi connectivity index (χ1) is 9.52. The Balaban J connectivity index is 2.33. The van der Waals surface area contributed by atoms with E-state index in [9.17, 15) is 8.78 Å². The quantitative estimate of drug-likeness (QED) is 0.904. The smallest absolute Gasteiger partial charge is 0.129 e. The Kier molecular flexibility index (Phi) is 4.83. The minimum Gasteiger partial charge on any atom is -0.309 e. The van der Waals surface area contributed by atoms with Crippen LogP contribution in [0.3, 0.4) is 0 Å². The van der Waals surface area contributed by atoms with Crippen molar-refractivity contribution < 1.29 is 8.78 Å². The molecule has 0 saturated carbocycles. The molecule has 1 aromatic carbocycles. The lowest BCUT2D eigenvalue weighted by molar-refractivity contribution is 0.502. The molecule has 0 saturated heterocycles. The van der Waals surface area contributed by atoms with Crippen molar-refractivity contribution in [2.75, 3.05) is 6.54 Å². The van der Waals surface area contributed by atoms with Crippen LogP contribution < -0.4 is 5.32 Å². The molecule has 108 valence electrons. The number of rotatable bonds is 5. The fourth-order valence-corrected chi connectivity index (χ4v) is 3.31. The maximum atomic E-state index is 13.8. The van der Waals surface area contributed by atoms with Gasteiger partial charge in [0.05, 0.1) is 10.7 Å². The molecule has 0 amide bonds. The molecule has 1 aromatic heterocycles. The topological polar surface area (TPSA) is 24.9 Å². The zero-order chi connectivity index (χ0) is 14.7. The van der Waals surface area contributed by atoms with Crippen molar-refractivity contribution in [3.05, 3.63) is 51.0 Å². The highest BCUT2D eigenvalue weighted by atomic mass is 32.1. The van der Waals surface area contributed by atoms with E-state index in [1.807, 2.05) is 20.8 Å². The van der Waals surface area contributed by atoms with Crippen LogP contribution in [0.5, 0.6) is 0 Å². The zero-order valence-electron chi connectivity index (χ0n) is 11.8. The Labute approximate surface area is 121 Å². The standard InChI is InChI=1S/C15H18F2N2S/c1-4-18-14(15-9(2)19-10(3)20-15)8-11-12(16)6-5-7-13(11)17/h5-7,14,18H,4,8H2,1-3H3. The number of likely N-dealkylation sites (N-methyl/N-ethyl adjacent to an activating group) is 1. The highest BCUT2D eigenvalue weighted by molar-refractivity contribution is 7.11. The normalized spacial score (nSPS) is 12.7. The van der Waals surface area contributed by atoms with Crippen LogP contribution in [0.2, 0.25) is 0 Å². The second kappa shape index (κ2) is 6.41. The van der Waals surface area contributed by atoms with Crippen LogP contribution in [0.15, 0.2) is 18.2 Å². The number of halogens is 2. The number of thiazole rings is 1. The fourth-order valence-electron chi connectivity index (χ4n) is 2.31. The summed E-state index contributed by atoms with van der Waals surface area (Å²) in [6, 6.07) is 3.87. The first-order valence-electron chi connectivity index (χ1n) is 6.63. The van der Waals surface area contributed by atoms with Crippen molar-refractivity contribution in [1.29, 1.82) is 0 Å².